The Bertz CT molecular complexity index is 743. The van der Waals surface area contributed by atoms with E-state index in [9.17, 15) is 9.59 Å². The molecule has 2 aromatic heterocycles. The largest absolute Gasteiger partial charge is 0.461 e. The highest BCUT2D eigenvalue weighted by Crippen LogP contribution is 2.19. The number of rotatable bonds is 8. The van der Waals surface area contributed by atoms with E-state index in [1.807, 2.05) is 4.90 Å². The quantitative estimate of drug-likeness (QED) is 0.707. The Kier molecular flexibility index (Phi) is 6.59. The van der Waals surface area contributed by atoms with Crippen LogP contribution >= 0.6 is 0 Å². The van der Waals surface area contributed by atoms with Crippen LogP contribution in [0.4, 0.5) is 0 Å². The van der Waals surface area contributed by atoms with E-state index in [0.717, 1.165) is 19.3 Å². The molecule has 1 unspecified atom stereocenters. The zero-order valence-electron chi connectivity index (χ0n) is 15.2. The number of carbonyl (C=O) groups excluding carboxylic acids is 2. The average molecular weight is 375 g/mol. The molecular formula is C18H25N5O4. The molecule has 0 saturated carbocycles. The van der Waals surface area contributed by atoms with Crippen LogP contribution in [0.2, 0.25) is 0 Å². The molecule has 1 saturated heterocycles. The van der Waals surface area contributed by atoms with Gasteiger partial charge in [-0.1, -0.05) is 5.16 Å². The molecule has 0 radical (unpaired) electrons. The second-order valence-electron chi connectivity index (χ2n) is 6.57. The minimum absolute atomic E-state index is 0.0225. The van der Waals surface area contributed by atoms with E-state index in [1.165, 1.54) is 6.26 Å². The molecule has 2 aromatic rings. The molecule has 1 fully saturated rings. The first-order valence-electron chi connectivity index (χ1n) is 9.30. The molecule has 0 aliphatic carbocycles. The number of nitrogens with two attached hydrogens (primary N) is 1. The minimum atomic E-state index is -0.0770. The van der Waals surface area contributed by atoms with Crippen molar-refractivity contribution in [2.75, 3.05) is 19.6 Å². The lowest BCUT2D eigenvalue weighted by Crippen LogP contribution is -2.49. The molecule has 1 atom stereocenters. The molecule has 27 heavy (non-hydrogen) atoms. The van der Waals surface area contributed by atoms with Crippen LogP contribution in [0.5, 0.6) is 0 Å². The number of nitrogens with one attached hydrogen (secondary N) is 1. The third-order valence-electron chi connectivity index (χ3n) is 4.62. The number of nitrogens with zero attached hydrogens (tertiary/aromatic N) is 3. The smallest absolute Gasteiger partial charge is 0.238 e. The first-order chi connectivity index (χ1) is 13.2. The molecule has 9 nitrogen and oxygen atoms in total. The second-order valence-corrected chi connectivity index (χ2v) is 6.57. The van der Waals surface area contributed by atoms with Crippen LogP contribution in [0, 0.1) is 0 Å². The van der Waals surface area contributed by atoms with Crippen molar-refractivity contribution >= 4 is 11.8 Å². The number of hydrogen-bond donors (Lipinski definition) is 2. The number of amides is 2. The first-order valence-corrected chi connectivity index (χ1v) is 9.30. The molecule has 3 rings (SSSR count). The van der Waals surface area contributed by atoms with Crippen molar-refractivity contribution in [2.24, 2.45) is 5.73 Å². The number of hydrogen-bond acceptors (Lipinski definition) is 7. The molecule has 1 aliphatic heterocycles. The predicted octanol–water partition coefficient (Wildman–Crippen LogP) is 1.11. The molecule has 0 aromatic carbocycles. The van der Waals surface area contributed by atoms with Crippen LogP contribution in [0.25, 0.3) is 11.6 Å². The SMILES string of the molecule is NCCC(=O)NCC1CCCCN1C(=O)CCc1nc(-c2ccco2)no1. The number of piperidine rings is 1. The Hall–Kier alpha value is -2.68. The number of carbonyl (C=O) groups is 2. The van der Waals surface area contributed by atoms with E-state index in [-0.39, 0.29) is 24.3 Å². The molecule has 3 heterocycles. The summed E-state index contributed by atoms with van der Waals surface area (Å²) in [6.45, 7) is 1.49. The van der Waals surface area contributed by atoms with Crippen LogP contribution < -0.4 is 11.1 Å². The maximum Gasteiger partial charge on any atom is 0.238 e. The lowest BCUT2D eigenvalue weighted by Gasteiger charge is -2.36. The lowest BCUT2D eigenvalue weighted by atomic mass is 10.0. The van der Waals surface area contributed by atoms with Gasteiger partial charge in [0.25, 0.3) is 0 Å². The minimum Gasteiger partial charge on any atom is -0.461 e. The van der Waals surface area contributed by atoms with Gasteiger partial charge in [-0.15, -0.1) is 0 Å². The Morgan fingerprint density at radius 1 is 1.33 bits per heavy atom. The van der Waals surface area contributed by atoms with Gasteiger partial charge >= 0.3 is 0 Å². The number of aryl methyl sites for hydroxylation is 1. The summed E-state index contributed by atoms with van der Waals surface area (Å²) in [7, 11) is 0. The summed E-state index contributed by atoms with van der Waals surface area (Å²) in [6, 6.07) is 3.52. The first kappa shape index (κ1) is 19.1. The van der Waals surface area contributed by atoms with Crippen LogP contribution in [0.1, 0.15) is 38.0 Å². The van der Waals surface area contributed by atoms with E-state index in [1.54, 1.807) is 12.1 Å². The van der Waals surface area contributed by atoms with Crippen LogP contribution in [-0.4, -0.2) is 52.5 Å². The summed E-state index contributed by atoms with van der Waals surface area (Å²) in [6.07, 6.45) is 5.41. The van der Waals surface area contributed by atoms with Gasteiger partial charge in [-0.25, -0.2) is 0 Å². The molecular weight excluding hydrogens is 350 g/mol. The molecule has 9 heteroatoms. The van der Waals surface area contributed by atoms with Crippen LogP contribution in [0.3, 0.4) is 0 Å². The lowest BCUT2D eigenvalue weighted by molar-refractivity contribution is -0.135. The van der Waals surface area contributed by atoms with Gasteiger partial charge in [0.05, 0.1) is 6.26 Å². The van der Waals surface area contributed by atoms with Gasteiger partial charge in [-0.05, 0) is 31.4 Å². The van der Waals surface area contributed by atoms with Crippen molar-refractivity contribution in [1.29, 1.82) is 0 Å². The summed E-state index contributed by atoms with van der Waals surface area (Å²) >= 11 is 0. The Balaban J connectivity index is 1.51. The summed E-state index contributed by atoms with van der Waals surface area (Å²) in [5.74, 6) is 1.26. The molecule has 3 N–H and O–H groups in total. The zero-order valence-corrected chi connectivity index (χ0v) is 15.2. The Morgan fingerprint density at radius 2 is 2.22 bits per heavy atom. The molecule has 146 valence electrons. The summed E-state index contributed by atoms with van der Waals surface area (Å²) in [4.78, 5) is 30.4. The van der Waals surface area contributed by atoms with Gasteiger partial charge in [0, 0.05) is 44.9 Å². The summed E-state index contributed by atoms with van der Waals surface area (Å²) in [5, 5.41) is 6.73. The maximum atomic E-state index is 12.7. The zero-order chi connectivity index (χ0) is 19.1. The highest BCUT2D eigenvalue weighted by molar-refractivity contribution is 5.78. The van der Waals surface area contributed by atoms with Gasteiger partial charge in [0.2, 0.25) is 23.5 Å². The Morgan fingerprint density at radius 3 is 3.00 bits per heavy atom. The van der Waals surface area contributed by atoms with Crippen molar-refractivity contribution in [1.82, 2.24) is 20.4 Å². The third-order valence-corrected chi connectivity index (χ3v) is 4.62. The van der Waals surface area contributed by atoms with Crippen molar-refractivity contribution in [2.45, 2.75) is 44.6 Å². The van der Waals surface area contributed by atoms with E-state index in [0.29, 0.717) is 50.0 Å². The average Bonchev–Trinajstić information content (AvgIpc) is 3.36. The van der Waals surface area contributed by atoms with Gasteiger partial charge in [-0.3, -0.25) is 9.59 Å². The highest BCUT2D eigenvalue weighted by Gasteiger charge is 2.27. The van der Waals surface area contributed by atoms with Crippen LogP contribution in [0.15, 0.2) is 27.3 Å². The number of aromatic nitrogens is 2. The predicted molar refractivity (Wildman–Crippen MR) is 96.4 cm³/mol. The fourth-order valence-electron chi connectivity index (χ4n) is 3.21. The van der Waals surface area contributed by atoms with E-state index in [4.69, 9.17) is 14.7 Å². The second kappa shape index (κ2) is 9.31. The standard InChI is InChI=1S/C18H25N5O4/c19-9-8-15(24)20-12-13-4-1-2-10-23(13)17(25)7-6-16-21-18(22-27-16)14-5-3-11-26-14/h3,5,11,13H,1-2,4,6-10,12,19H2,(H,20,24). The Labute approximate surface area is 157 Å². The van der Waals surface area contributed by atoms with Crippen molar-refractivity contribution in [3.8, 4) is 11.6 Å². The summed E-state index contributed by atoms with van der Waals surface area (Å²) in [5.41, 5.74) is 5.39. The van der Waals surface area contributed by atoms with Crippen molar-refractivity contribution < 1.29 is 18.5 Å². The molecule has 2 amide bonds. The fraction of sp³-hybridized carbons (Fsp3) is 0.556. The third kappa shape index (κ3) is 5.16. The molecule has 1 aliphatic rings. The van der Waals surface area contributed by atoms with E-state index < -0.39 is 0 Å². The topological polar surface area (TPSA) is 127 Å². The number of likely N-dealkylation sites (tertiary alicyclic amines) is 1. The molecule has 0 spiro atoms. The fourth-order valence-corrected chi connectivity index (χ4v) is 3.21. The maximum absolute atomic E-state index is 12.7. The van der Waals surface area contributed by atoms with Crippen molar-refractivity contribution in [3.05, 3.63) is 24.3 Å². The highest BCUT2D eigenvalue weighted by atomic mass is 16.5. The van der Waals surface area contributed by atoms with Gasteiger partial charge in [0.15, 0.2) is 5.76 Å². The van der Waals surface area contributed by atoms with Gasteiger partial charge < -0.3 is 24.9 Å². The summed E-state index contributed by atoms with van der Waals surface area (Å²) < 4.78 is 10.4. The van der Waals surface area contributed by atoms with Crippen LogP contribution in [-0.2, 0) is 16.0 Å². The van der Waals surface area contributed by atoms with E-state index >= 15 is 0 Å². The number of furan rings is 1. The van der Waals surface area contributed by atoms with Crippen molar-refractivity contribution in [3.63, 3.8) is 0 Å². The molecule has 0 bridgehead atoms. The monoisotopic (exact) mass is 375 g/mol. The van der Waals surface area contributed by atoms with Gasteiger partial charge in [-0.2, -0.15) is 4.98 Å². The normalized spacial score (nSPS) is 17.1. The van der Waals surface area contributed by atoms with Gasteiger partial charge in [0.1, 0.15) is 0 Å². The van der Waals surface area contributed by atoms with E-state index in [2.05, 4.69) is 15.5 Å².